The van der Waals surface area contributed by atoms with Crippen LogP contribution in [0.1, 0.15) is 12.8 Å². The van der Waals surface area contributed by atoms with E-state index >= 15 is 0 Å². The summed E-state index contributed by atoms with van der Waals surface area (Å²) in [5, 5.41) is 13.8. The Morgan fingerprint density at radius 3 is 2.88 bits per heavy atom. The van der Waals surface area contributed by atoms with Gasteiger partial charge in [-0.25, -0.2) is 0 Å². The van der Waals surface area contributed by atoms with Crippen LogP contribution in [0.2, 0.25) is 0 Å². The molecule has 1 N–H and O–H groups in total. The maximum Gasteiger partial charge on any atom is 0.282 e. The van der Waals surface area contributed by atoms with Gasteiger partial charge in [-0.1, -0.05) is 0 Å². The van der Waals surface area contributed by atoms with Gasteiger partial charge in [-0.2, -0.15) is 0 Å². The van der Waals surface area contributed by atoms with Crippen molar-refractivity contribution in [3.05, 3.63) is 31.9 Å². The van der Waals surface area contributed by atoms with Crippen LogP contribution in [0.25, 0.3) is 0 Å². The molecule has 84 valence electrons. The maximum atomic E-state index is 10.6. The summed E-state index contributed by atoms with van der Waals surface area (Å²) in [7, 11) is 0. The highest BCUT2D eigenvalue weighted by Crippen LogP contribution is 2.23. The van der Waals surface area contributed by atoms with E-state index in [9.17, 15) is 10.1 Å². The third-order valence-electron chi connectivity index (χ3n) is 1.97. The molecule has 0 bridgehead atoms. The van der Waals surface area contributed by atoms with E-state index in [2.05, 4.69) is 11.2 Å². The summed E-state index contributed by atoms with van der Waals surface area (Å²) in [6, 6.07) is 4.97. The molecule has 0 heterocycles. The van der Waals surface area contributed by atoms with Gasteiger partial charge in [0.2, 0.25) is 0 Å². The van der Waals surface area contributed by atoms with Crippen LogP contribution in [0.5, 0.6) is 0 Å². The molecule has 0 aliphatic heterocycles. The molecule has 0 atom stereocenters. The first kappa shape index (κ1) is 12.8. The number of hydrogen-bond donors (Lipinski definition) is 1. The van der Waals surface area contributed by atoms with Crippen molar-refractivity contribution in [1.29, 1.82) is 0 Å². The fourth-order valence-electron chi connectivity index (χ4n) is 1.19. The summed E-state index contributed by atoms with van der Waals surface area (Å²) >= 11 is 1.96. The van der Waals surface area contributed by atoms with E-state index in [4.69, 9.17) is 6.42 Å². The Morgan fingerprint density at radius 1 is 1.56 bits per heavy atom. The monoisotopic (exact) mass is 330 g/mol. The summed E-state index contributed by atoms with van der Waals surface area (Å²) in [5.74, 6) is 2.56. The number of hydrogen-bond acceptors (Lipinski definition) is 3. The van der Waals surface area contributed by atoms with Crippen molar-refractivity contribution in [3.63, 3.8) is 0 Å². The molecular weight excluding hydrogens is 319 g/mol. The van der Waals surface area contributed by atoms with Gasteiger partial charge in [0, 0.05) is 24.7 Å². The van der Waals surface area contributed by atoms with Crippen LogP contribution in [-0.2, 0) is 0 Å². The van der Waals surface area contributed by atoms with Crippen LogP contribution in [0.3, 0.4) is 0 Å². The van der Waals surface area contributed by atoms with Gasteiger partial charge in [-0.05, 0) is 41.1 Å². The Balaban J connectivity index is 2.60. The largest absolute Gasteiger partial charge is 0.385 e. The zero-order valence-corrected chi connectivity index (χ0v) is 10.7. The van der Waals surface area contributed by atoms with Crippen molar-refractivity contribution >= 4 is 34.0 Å². The number of nitro benzene ring substituents is 1. The molecule has 1 rings (SSSR count). The predicted molar refractivity (Wildman–Crippen MR) is 72.4 cm³/mol. The highest BCUT2D eigenvalue weighted by Gasteiger charge is 2.10. The third-order valence-corrected chi connectivity index (χ3v) is 2.84. The molecule has 0 saturated heterocycles. The highest BCUT2D eigenvalue weighted by molar-refractivity contribution is 14.1. The normalized spacial score (nSPS) is 9.50. The van der Waals surface area contributed by atoms with Gasteiger partial charge in [0.15, 0.2) is 0 Å². The molecule has 0 radical (unpaired) electrons. The predicted octanol–water partition coefficient (Wildman–Crippen LogP) is 3.02. The molecule has 0 amide bonds. The zero-order chi connectivity index (χ0) is 12.0. The average Bonchev–Trinajstić information content (AvgIpc) is 2.24. The Labute approximate surface area is 108 Å². The number of halogens is 1. The van der Waals surface area contributed by atoms with Crippen LogP contribution >= 0.6 is 22.6 Å². The average molecular weight is 330 g/mol. The third kappa shape index (κ3) is 3.70. The van der Waals surface area contributed by atoms with E-state index < -0.39 is 0 Å². The van der Waals surface area contributed by atoms with E-state index in [1.54, 1.807) is 12.1 Å². The van der Waals surface area contributed by atoms with Crippen molar-refractivity contribution in [2.24, 2.45) is 0 Å². The topological polar surface area (TPSA) is 55.2 Å². The van der Waals surface area contributed by atoms with Crippen LogP contribution in [0.4, 0.5) is 11.4 Å². The number of rotatable bonds is 5. The van der Waals surface area contributed by atoms with Crippen molar-refractivity contribution in [2.75, 3.05) is 11.9 Å². The molecule has 0 aromatic heterocycles. The lowest BCUT2D eigenvalue weighted by atomic mass is 10.2. The van der Waals surface area contributed by atoms with Crippen molar-refractivity contribution in [1.82, 2.24) is 0 Å². The highest BCUT2D eigenvalue weighted by atomic mass is 127. The summed E-state index contributed by atoms with van der Waals surface area (Å²) < 4.78 is 0.629. The summed E-state index contributed by atoms with van der Waals surface area (Å²) in [6.45, 7) is 0.776. The Morgan fingerprint density at radius 2 is 2.31 bits per heavy atom. The second kappa shape index (κ2) is 6.33. The van der Waals surface area contributed by atoms with Gasteiger partial charge in [-0.15, -0.1) is 12.3 Å². The fraction of sp³-hybridized carbons (Fsp3) is 0.273. The number of nitro groups is 1. The van der Waals surface area contributed by atoms with Crippen molar-refractivity contribution in [3.8, 4) is 12.3 Å². The van der Waals surface area contributed by atoms with Crippen LogP contribution in [0.15, 0.2) is 18.2 Å². The lowest BCUT2D eigenvalue weighted by molar-refractivity contribution is -0.385. The quantitative estimate of drug-likeness (QED) is 0.297. The first-order valence-corrected chi connectivity index (χ1v) is 5.84. The zero-order valence-electron chi connectivity index (χ0n) is 8.57. The van der Waals surface area contributed by atoms with Gasteiger partial charge in [0.1, 0.15) is 0 Å². The lowest BCUT2D eigenvalue weighted by Gasteiger charge is -2.05. The summed E-state index contributed by atoms with van der Waals surface area (Å²) in [4.78, 5) is 10.2. The summed E-state index contributed by atoms with van der Waals surface area (Å²) in [6.07, 6.45) is 6.76. The van der Waals surface area contributed by atoms with Gasteiger partial charge in [0.25, 0.3) is 5.69 Å². The smallest absolute Gasteiger partial charge is 0.282 e. The Hall–Kier alpha value is -1.29. The molecule has 5 heteroatoms. The van der Waals surface area contributed by atoms with E-state index in [0.717, 1.165) is 25.1 Å². The number of anilines is 1. The molecule has 16 heavy (non-hydrogen) atoms. The first-order valence-electron chi connectivity index (χ1n) is 4.76. The molecule has 0 unspecified atom stereocenters. The van der Waals surface area contributed by atoms with Crippen LogP contribution in [-0.4, -0.2) is 11.5 Å². The fourth-order valence-corrected chi connectivity index (χ4v) is 1.90. The SMILES string of the molecule is C#CCCCNc1ccc([N+](=O)[O-])c(I)c1. The molecule has 0 spiro atoms. The number of benzene rings is 1. The minimum atomic E-state index is -0.385. The van der Waals surface area contributed by atoms with Gasteiger partial charge in [-0.3, -0.25) is 10.1 Å². The molecule has 0 aliphatic rings. The standard InChI is InChI=1S/C11H11IN2O2/c1-2-3-4-7-13-9-5-6-11(14(15)16)10(12)8-9/h1,5-6,8,13H,3-4,7H2. The molecule has 4 nitrogen and oxygen atoms in total. The van der Waals surface area contributed by atoms with E-state index in [-0.39, 0.29) is 10.6 Å². The number of nitrogens with zero attached hydrogens (tertiary/aromatic N) is 1. The van der Waals surface area contributed by atoms with E-state index in [1.165, 1.54) is 6.07 Å². The Kier molecular flexibility index (Phi) is 5.05. The van der Waals surface area contributed by atoms with Gasteiger partial charge in [0.05, 0.1) is 8.49 Å². The van der Waals surface area contributed by atoms with Crippen molar-refractivity contribution < 1.29 is 4.92 Å². The van der Waals surface area contributed by atoms with Crippen molar-refractivity contribution in [2.45, 2.75) is 12.8 Å². The summed E-state index contributed by atoms with van der Waals surface area (Å²) in [5.41, 5.74) is 1.02. The van der Waals surface area contributed by atoms with Gasteiger partial charge >= 0.3 is 0 Å². The van der Waals surface area contributed by atoms with E-state index in [1.807, 2.05) is 22.6 Å². The van der Waals surface area contributed by atoms with Crippen LogP contribution < -0.4 is 5.32 Å². The van der Waals surface area contributed by atoms with E-state index in [0.29, 0.717) is 3.57 Å². The van der Waals surface area contributed by atoms with Gasteiger partial charge < -0.3 is 5.32 Å². The molecule has 1 aromatic carbocycles. The first-order chi connectivity index (χ1) is 7.65. The minimum absolute atomic E-state index is 0.134. The molecule has 0 saturated carbocycles. The minimum Gasteiger partial charge on any atom is -0.385 e. The Bertz CT molecular complexity index is 426. The second-order valence-electron chi connectivity index (χ2n) is 3.16. The molecule has 1 aromatic rings. The number of nitrogens with one attached hydrogen (secondary N) is 1. The number of unbranched alkanes of at least 4 members (excludes halogenated alkanes) is 1. The maximum absolute atomic E-state index is 10.6. The lowest BCUT2D eigenvalue weighted by Crippen LogP contribution is -2.01. The molecular formula is C11H11IN2O2. The molecule has 0 fully saturated rings. The van der Waals surface area contributed by atoms with Crippen LogP contribution in [0, 0.1) is 26.0 Å². The number of terminal acetylenes is 1. The molecule has 0 aliphatic carbocycles. The second-order valence-corrected chi connectivity index (χ2v) is 4.32.